The molecule has 218 valence electrons. The quantitative estimate of drug-likeness (QED) is 0.306. The van der Waals surface area contributed by atoms with Gasteiger partial charge in [0.25, 0.3) is 5.89 Å². The summed E-state index contributed by atoms with van der Waals surface area (Å²) in [5.74, 6) is -1.43. The number of hydrogen-bond donors (Lipinski definition) is 0. The summed E-state index contributed by atoms with van der Waals surface area (Å²) in [6, 6.07) is 8.99. The normalized spacial score (nSPS) is 18.0. The van der Waals surface area contributed by atoms with Crippen LogP contribution in [0.4, 0.5) is 18.9 Å². The molecule has 5 heterocycles. The molecule has 41 heavy (non-hydrogen) atoms. The fourth-order valence-electron chi connectivity index (χ4n) is 5.26. The lowest BCUT2D eigenvalue weighted by Crippen LogP contribution is -2.55. The van der Waals surface area contributed by atoms with E-state index in [0.717, 1.165) is 17.1 Å². The van der Waals surface area contributed by atoms with Crippen molar-refractivity contribution in [3.05, 3.63) is 66.2 Å². The highest BCUT2D eigenvalue weighted by Crippen LogP contribution is 2.28. The number of pyridine rings is 1. The van der Waals surface area contributed by atoms with Crippen LogP contribution in [0.5, 0.6) is 0 Å². The van der Waals surface area contributed by atoms with Crippen LogP contribution < -0.4 is 4.31 Å². The van der Waals surface area contributed by atoms with Crippen LogP contribution in [-0.4, -0.2) is 82.6 Å². The van der Waals surface area contributed by atoms with Crippen molar-refractivity contribution >= 4 is 21.5 Å². The van der Waals surface area contributed by atoms with E-state index in [0.29, 0.717) is 62.3 Å². The molecule has 0 saturated carbocycles. The van der Waals surface area contributed by atoms with Crippen molar-refractivity contribution in [3.63, 3.8) is 0 Å². The van der Waals surface area contributed by atoms with Gasteiger partial charge in [0.2, 0.25) is 5.89 Å². The minimum absolute atomic E-state index is 0.0868. The fraction of sp³-hybridized carbons (Fsp3) is 0.423. The van der Waals surface area contributed by atoms with Gasteiger partial charge >= 0.3 is 16.6 Å². The van der Waals surface area contributed by atoms with Crippen LogP contribution in [0.3, 0.4) is 0 Å². The third-order valence-electron chi connectivity index (χ3n) is 7.37. The van der Waals surface area contributed by atoms with Crippen molar-refractivity contribution in [1.29, 1.82) is 0 Å². The molecule has 0 amide bonds. The first-order valence-electron chi connectivity index (χ1n) is 13.2. The maximum Gasteiger partial charge on any atom is 0.314 e. The van der Waals surface area contributed by atoms with E-state index >= 15 is 0 Å². The number of alkyl halides is 2. The molecule has 15 heteroatoms. The Morgan fingerprint density at radius 1 is 1.05 bits per heavy atom. The lowest BCUT2D eigenvalue weighted by atomic mass is 10.1. The average molecular weight is 592 g/mol. The van der Waals surface area contributed by atoms with Crippen LogP contribution in [0.25, 0.3) is 17.1 Å². The topological polar surface area (TPSA) is 109 Å². The smallest absolute Gasteiger partial charge is 0.314 e. The van der Waals surface area contributed by atoms with Gasteiger partial charge in [0.15, 0.2) is 0 Å². The van der Waals surface area contributed by atoms with Gasteiger partial charge in [0.05, 0.1) is 17.9 Å². The minimum atomic E-state index is -4.05. The van der Waals surface area contributed by atoms with Crippen molar-refractivity contribution < 1.29 is 30.7 Å². The van der Waals surface area contributed by atoms with Gasteiger partial charge in [0.1, 0.15) is 11.5 Å². The number of hydrogen-bond acceptors (Lipinski definition) is 8. The highest BCUT2D eigenvalue weighted by molar-refractivity contribution is 7.90. The van der Waals surface area contributed by atoms with E-state index in [1.165, 1.54) is 22.5 Å². The summed E-state index contributed by atoms with van der Waals surface area (Å²) in [6.07, 6.45) is 2.25. The number of rotatable bonds is 8. The zero-order valence-corrected chi connectivity index (χ0v) is 22.8. The van der Waals surface area contributed by atoms with Gasteiger partial charge in [-0.15, -0.1) is 10.2 Å². The second kappa shape index (κ2) is 11.4. The molecular weight excluding hydrogens is 563 g/mol. The zero-order valence-electron chi connectivity index (χ0n) is 21.9. The fourth-order valence-corrected chi connectivity index (χ4v) is 6.84. The maximum absolute atomic E-state index is 14.2. The Kier molecular flexibility index (Phi) is 7.68. The van der Waals surface area contributed by atoms with Gasteiger partial charge in [-0.2, -0.15) is 21.5 Å². The average Bonchev–Trinajstić information content (AvgIpc) is 3.63. The summed E-state index contributed by atoms with van der Waals surface area (Å²) >= 11 is 0. The van der Waals surface area contributed by atoms with E-state index in [2.05, 4.69) is 20.1 Å². The maximum atomic E-state index is 14.2. The van der Waals surface area contributed by atoms with Crippen LogP contribution >= 0.6 is 0 Å². The minimum Gasteiger partial charge on any atom is -0.415 e. The van der Waals surface area contributed by atoms with Crippen molar-refractivity contribution in [2.24, 2.45) is 0 Å². The van der Waals surface area contributed by atoms with Crippen molar-refractivity contribution in [3.8, 4) is 11.5 Å². The number of halogens is 3. The Morgan fingerprint density at radius 3 is 2.54 bits per heavy atom. The highest BCUT2D eigenvalue weighted by Gasteiger charge is 2.35. The van der Waals surface area contributed by atoms with Crippen LogP contribution in [0.15, 0.2) is 53.2 Å². The van der Waals surface area contributed by atoms with Crippen LogP contribution in [0.2, 0.25) is 0 Å². The summed E-state index contributed by atoms with van der Waals surface area (Å²) < 4.78 is 82.7. The second-order valence-corrected chi connectivity index (χ2v) is 11.8. The summed E-state index contributed by atoms with van der Waals surface area (Å²) in [6.45, 7) is 3.09. The summed E-state index contributed by atoms with van der Waals surface area (Å²) in [7, 11) is -4.05. The van der Waals surface area contributed by atoms with E-state index < -0.39 is 28.3 Å². The van der Waals surface area contributed by atoms with E-state index in [1.54, 1.807) is 35.0 Å². The molecule has 11 nitrogen and oxygen atoms in total. The van der Waals surface area contributed by atoms with Crippen molar-refractivity contribution in [1.82, 2.24) is 28.8 Å². The lowest BCUT2D eigenvalue weighted by Gasteiger charge is -2.41. The van der Waals surface area contributed by atoms with Gasteiger partial charge < -0.3 is 13.6 Å². The SMILES string of the molecule is O=S(=O)(N1CCN(C2CCOCC2)CC1)N(Cc1cn2ccc(-c3nnc(C(F)F)o3)cc2n1)c1cccc(F)c1. The van der Waals surface area contributed by atoms with E-state index in [-0.39, 0.29) is 18.1 Å². The lowest BCUT2D eigenvalue weighted by molar-refractivity contribution is 0.0229. The molecule has 2 saturated heterocycles. The van der Waals surface area contributed by atoms with Crippen LogP contribution in [0.1, 0.15) is 30.9 Å². The van der Waals surface area contributed by atoms with E-state index in [9.17, 15) is 21.6 Å². The Morgan fingerprint density at radius 2 is 1.83 bits per heavy atom. The molecule has 0 atom stereocenters. The van der Waals surface area contributed by atoms with Crippen molar-refractivity contribution in [2.45, 2.75) is 31.9 Å². The van der Waals surface area contributed by atoms with Gasteiger partial charge in [-0.3, -0.25) is 9.21 Å². The standard InChI is InChI=1S/C26H28F3N7O4S/c27-19-2-1-3-22(15-19)36(41(37,38)35-10-8-33(9-11-35)21-5-12-39-13-6-21)17-20-16-34-7-4-18(14-23(34)30-20)25-31-32-26(40-25)24(28)29/h1-4,7,14-16,21,24H,5-6,8-13,17H2. The number of anilines is 1. The number of nitrogens with zero attached hydrogens (tertiary/aromatic N) is 7. The second-order valence-electron chi connectivity index (χ2n) is 9.93. The Balaban J connectivity index is 1.25. The number of piperazine rings is 1. The summed E-state index contributed by atoms with van der Waals surface area (Å²) in [5.41, 5.74) is 1.37. The monoisotopic (exact) mass is 591 g/mol. The molecule has 2 aliphatic heterocycles. The zero-order chi connectivity index (χ0) is 28.6. The van der Waals surface area contributed by atoms with Gasteiger partial charge in [-0.1, -0.05) is 6.07 Å². The predicted octanol–water partition coefficient (Wildman–Crippen LogP) is 3.51. The third kappa shape index (κ3) is 5.80. The Hall–Kier alpha value is -3.53. The number of imidazole rings is 1. The molecule has 2 aliphatic rings. The molecule has 0 radical (unpaired) electrons. The summed E-state index contributed by atoms with van der Waals surface area (Å²) in [4.78, 5) is 6.86. The molecule has 4 aromatic rings. The largest absolute Gasteiger partial charge is 0.415 e. The third-order valence-corrected chi connectivity index (χ3v) is 9.29. The number of benzene rings is 1. The molecule has 2 fully saturated rings. The molecule has 0 aliphatic carbocycles. The number of fused-ring (bicyclic) bond motifs is 1. The van der Waals surface area contributed by atoms with Gasteiger partial charge in [-0.05, 0) is 43.2 Å². The molecule has 0 N–H and O–H groups in total. The van der Waals surface area contributed by atoms with Gasteiger partial charge in [-0.25, -0.2) is 9.37 Å². The predicted molar refractivity (Wildman–Crippen MR) is 142 cm³/mol. The molecule has 0 unspecified atom stereocenters. The molecular formula is C26H28F3N7O4S. The number of aromatic nitrogens is 4. The first-order valence-corrected chi connectivity index (χ1v) is 14.6. The van der Waals surface area contributed by atoms with E-state index in [4.69, 9.17) is 9.15 Å². The molecule has 0 spiro atoms. The highest BCUT2D eigenvalue weighted by atomic mass is 32.2. The first kappa shape index (κ1) is 27.6. The van der Waals surface area contributed by atoms with Crippen molar-refractivity contribution in [2.75, 3.05) is 43.7 Å². The van der Waals surface area contributed by atoms with E-state index in [1.807, 2.05) is 0 Å². The van der Waals surface area contributed by atoms with Crippen LogP contribution in [0, 0.1) is 5.82 Å². The first-order chi connectivity index (χ1) is 19.8. The Bertz CT molecular complexity index is 1620. The molecule has 0 bridgehead atoms. The van der Waals surface area contributed by atoms with Gasteiger partial charge in [0, 0.05) is 63.4 Å². The molecule has 6 rings (SSSR count). The Labute approximate surface area is 234 Å². The number of ether oxygens (including phenoxy) is 1. The van der Waals surface area contributed by atoms with Crippen LogP contribution in [-0.2, 0) is 21.5 Å². The molecule has 1 aromatic carbocycles. The molecule has 3 aromatic heterocycles. The summed E-state index contributed by atoms with van der Waals surface area (Å²) in [5, 5.41) is 7.01.